The van der Waals surface area contributed by atoms with Crippen molar-refractivity contribution in [2.45, 2.75) is 107 Å². The van der Waals surface area contributed by atoms with Gasteiger partial charge in [0.2, 0.25) is 12.6 Å². The number of aliphatic hydroxyl groups is 9. The van der Waals surface area contributed by atoms with Crippen LogP contribution in [0.15, 0.2) is 48.5 Å². The molecule has 9 N–H and O–H groups in total. The number of ether oxygens (including phenoxy) is 6. The summed E-state index contributed by atoms with van der Waals surface area (Å²) in [6.45, 7) is 1.61. The van der Waals surface area contributed by atoms with E-state index in [4.69, 9.17) is 28.4 Å². The molecule has 0 bridgehead atoms. The molecule has 0 aromatic heterocycles. The maximum absolute atomic E-state index is 13.1. The Morgan fingerprint density at radius 2 is 1.10 bits per heavy atom. The van der Waals surface area contributed by atoms with Crippen molar-refractivity contribution in [3.63, 3.8) is 0 Å². The Morgan fingerprint density at radius 1 is 0.686 bits per heavy atom. The first kappa shape index (κ1) is 40.3. The molecular formula is C34H46O17. The average molecular weight is 727 g/mol. The highest BCUT2D eigenvalue weighted by atomic mass is 16.7. The third kappa shape index (κ3) is 9.70. The van der Waals surface area contributed by atoms with Crippen molar-refractivity contribution >= 4 is 11.9 Å². The van der Waals surface area contributed by atoms with Crippen LogP contribution in [0.2, 0.25) is 0 Å². The molecule has 2 saturated heterocycles. The Bertz CT molecular complexity index is 1400. The summed E-state index contributed by atoms with van der Waals surface area (Å²) in [5.74, 6) is -2.19. The van der Waals surface area contributed by atoms with Crippen molar-refractivity contribution in [2.75, 3.05) is 13.2 Å². The zero-order chi connectivity index (χ0) is 37.5. The molecule has 0 amide bonds. The minimum Gasteiger partial charge on any atom is -0.462 e. The Balaban J connectivity index is 1.28. The first-order valence-electron chi connectivity index (χ1n) is 16.4. The number of hydrogen-bond acceptors (Lipinski definition) is 17. The van der Waals surface area contributed by atoms with Gasteiger partial charge in [-0.25, -0.2) is 4.79 Å². The van der Waals surface area contributed by atoms with Crippen LogP contribution in [0.1, 0.15) is 37.8 Å². The van der Waals surface area contributed by atoms with Crippen LogP contribution >= 0.6 is 0 Å². The Labute approximate surface area is 293 Å². The van der Waals surface area contributed by atoms with E-state index in [-0.39, 0.29) is 24.7 Å². The van der Waals surface area contributed by atoms with E-state index < -0.39 is 105 Å². The zero-order valence-electron chi connectivity index (χ0n) is 28.0. The van der Waals surface area contributed by atoms with Gasteiger partial charge in [0, 0.05) is 0 Å². The lowest BCUT2D eigenvalue weighted by Gasteiger charge is -2.39. The highest BCUT2D eigenvalue weighted by Crippen LogP contribution is 2.29. The van der Waals surface area contributed by atoms with Gasteiger partial charge in [-0.05, 0) is 41.3 Å². The molecule has 2 aliphatic rings. The summed E-state index contributed by atoms with van der Waals surface area (Å²) < 4.78 is 32.4. The molecule has 17 heteroatoms. The first-order valence-corrected chi connectivity index (χ1v) is 16.4. The van der Waals surface area contributed by atoms with Gasteiger partial charge in [0.05, 0.1) is 19.6 Å². The lowest BCUT2D eigenvalue weighted by molar-refractivity contribution is -0.277. The normalized spacial score (nSPS) is 31.2. The molecule has 2 fully saturated rings. The molecule has 51 heavy (non-hydrogen) atoms. The molecule has 2 aliphatic heterocycles. The summed E-state index contributed by atoms with van der Waals surface area (Å²) in [7, 11) is 0. The first-order chi connectivity index (χ1) is 24.2. The fourth-order valence-electron chi connectivity index (χ4n) is 5.42. The maximum Gasteiger partial charge on any atom is 0.339 e. The second kappa shape index (κ2) is 17.8. The van der Waals surface area contributed by atoms with Gasteiger partial charge in [0.1, 0.15) is 73.5 Å². The number of carbonyl (C=O) groups is 2. The summed E-state index contributed by atoms with van der Waals surface area (Å²) in [5.41, 5.74) is -1.21. The largest absolute Gasteiger partial charge is 0.462 e. The topological polar surface area (TPSA) is 272 Å². The van der Waals surface area contributed by atoms with Crippen molar-refractivity contribution in [3.8, 4) is 11.5 Å². The summed E-state index contributed by atoms with van der Waals surface area (Å²) >= 11 is 0. The quantitative estimate of drug-likeness (QED) is 0.0898. The highest BCUT2D eigenvalue weighted by molar-refractivity contribution is 5.86. The van der Waals surface area contributed by atoms with Crippen molar-refractivity contribution in [1.82, 2.24) is 0 Å². The summed E-state index contributed by atoms with van der Waals surface area (Å²) in [4.78, 5) is 25.9. The fraction of sp³-hybridized carbons (Fsp3) is 0.588. The van der Waals surface area contributed by atoms with Gasteiger partial charge < -0.3 is 74.4 Å². The fourth-order valence-corrected chi connectivity index (χ4v) is 5.42. The minimum atomic E-state index is -2.21. The third-order valence-electron chi connectivity index (χ3n) is 9.01. The van der Waals surface area contributed by atoms with Crippen LogP contribution in [0.25, 0.3) is 0 Å². The molecule has 284 valence electrons. The smallest absolute Gasteiger partial charge is 0.339 e. The van der Waals surface area contributed by atoms with E-state index in [2.05, 4.69) is 0 Å². The molecular weight excluding hydrogens is 680 g/mol. The molecule has 0 aliphatic carbocycles. The van der Waals surface area contributed by atoms with Gasteiger partial charge in [0.15, 0.2) is 5.60 Å². The maximum atomic E-state index is 13.1. The van der Waals surface area contributed by atoms with E-state index in [1.165, 1.54) is 36.4 Å². The van der Waals surface area contributed by atoms with Crippen LogP contribution in [0.5, 0.6) is 11.5 Å². The monoisotopic (exact) mass is 726 g/mol. The predicted octanol–water partition coefficient (Wildman–Crippen LogP) is -2.00. The van der Waals surface area contributed by atoms with E-state index >= 15 is 0 Å². The van der Waals surface area contributed by atoms with Crippen molar-refractivity contribution in [3.05, 3.63) is 59.7 Å². The second-order valence-corrected chi connectivity index (χ2v) is 12.6. The van der Waals surface area contributed by atoms with Crippen molar-refractivity contribution in [2.24, 2.45) is 5.92 Å². The lowest BCUT2D eigenvalue weighted by atomic mass is 9.84. The van der Waals surface area contributed by atoms with Crippen LogP contribution in [-0.2, 0) is 41.8 Å². The van der Waals surface area contributed by atoms with Crippen LogP contribution < -0.4 is 9.47 Å². The molecule has 2 aromatic rings. The number of benzene rings is 2. The van der Waals surface area contributed by atoms with Gasteiger partial charge >= 0.3 is 11.9 Å². The Kier molecular flexibility index (Phi) is 14.1. The van der Waals surface area contributed by atoms with Crippen molar-refractivity contribution < 1.29 is 84.0 Å². The Morgan fingerprint density at radius 3 is 1.49 bits per heavy atom. The number of hydrogen-bond donors (Lipinski definition) is 9. The SMILES string of the molecule is CCC(C)[C@@](O)(CC(=O)OCc1ccc(O[C@@H]2O[C@H](CO)[C@@H](O)[C@H](O)[C@H]2O)cc1)C(=O)OCc1ccc(O[C@@H]2O[C@H](CO)[C@@H](O)[C@H](O)[C@H]2O)cc1. The standard InChI is InChI=1S/C34H46O17/c1-3-17(2)34(45,33(44)47-16-19-6-10-21(11-7-19)49-32-30(43)28(41)26(39)23(14-36)51-32)12-24(37)46-15-18-4-8-20(9-5-18)48-31-29(42)27(40)25(38)22(13-35)50-31/h4-11,17,22-23,25-32,35-36,38-43,45H,3,12-16H2,1-2H3/t17?,22-,23-,25-,26-,27+,28+,29-,30-,31-,32-,34+/m1/s1. The molecule has 2 heterocycles. The second-order valence-electron chi connectivity index (χ2n) is 12.6. The summed E-state index contributed by atoms with van der Waals surface area (Å²) in [5, 5.41) is 90.1. The lowest BCUT2D eigenvalue weighted by Crippen LogP contribution is -2.60. The van der Waals surface area contributed by atoms with Gasteiger partial charge in [-0.2, -0.15) is 0 Å². The molecule has 17 nitrogen and oxygen atoms in total. The molecule has 0 saturated carbocycles. The molecule has 0 spiro atoms. The highest BCUT2D eigenvalue weighted by Gasteiger charge is 2.47. The van der Waals surface area contributed by atoms with Crippen LogP contribution in [0, 0.1) is 5.92 Å². The van der Waals surface area contributed by atoms with Gasteiger partial charge in [-0.1, -0.05) is 44.5 Å². The average Bonchev–Trinajstić information content (AvgIpc) is 3.13. The van der Waals surface area contributed by atoms with Crippen LogP contribution in [0.4, 0.5) is 0 Å². The molecule has 12 atom stereocenters. The summed E-state index contributed by atoms with van der Waals surface area (Å²) in [6.07, 6.45) is -14.9. The Hall–Kier alpha value is -3.46. The molecule has 1 unspecified atom stereocenters. The van der Waals surface area contributed by atoms with E-state index in [9.17, 15) is 55.5 Å². The van der Waals surface area contributed by atoms with E-state index in [1.54, 1.807) is 26.0 Å². The van der Waals surface area contributed by atoms with E-state index in [0.29, 0.717) is 17.5 Å². The molecule has 4 rings (SSSR count). The van der Waals surface area contributed by atoms with Crippen molar-refractivity contribution in [1.29, 1.82) is 0 Å². The van der Waals surface area contributed by atoms with Crippen LogP contribution in [0.3, 0.4) is 0 Å². The molecule has 0 radical (unpaired) electrons. The summed E-state index contributed by atoms with van der Waals surface area (Å²) in [6, 6.07) is 12.0. The van der Waals surface area contributed by atoms with Crippen LogP contribution in [-0.4, -0.2) is 138 Å². The van der Waals surface area contributed by atoms with E-state index in [1.807, 2.05) is 0 Å². The van der Waals surface area contributed by atoms with E-state index in [0.717, 1.165) is 0 Å². The number of carbonyl (C=O) groups excluding carboxylic acids is 2. The van der Waals surface area contributed by atoms with Gasteiger partial charge in [0.25, 0.3) is 0 Å². The zero-order valence-corrected chi connectivity index (χ0v) is 28.0. The van der Waals surface area contributed by atoms with Gasteiger partial charge in [-0.15, -0.1) is 0 Å². The number of aliphatic hydroxyl groups excluding tert-OH is 8. The minimum absolute atomic E-state index is 0.198. The number of esters is 2. The molecule has 2 aromatic carbocycles. The van der Waals surface area contributed by atoms with Gasteiger partial charge in [-0.3, -0.25) is 4.79 Å². The third-order valence-corrected chi connectivity index (χ3v) is 9.01. The predicted molar refractivity (Wildman–Crippen MR) is 170 cm³/mol. The number of rotatable bonds is 15.